The van der Waals surface area contributed by atoms with Gasteiger partial charge in [-0.2, -0.15) is 0 Å². The van der Waals surface area contributed by atoms with Crippen molar-refractivity contribution >= 4 is 0 Å². The Morgan fingerprint density at radius 3 is 2.92 bits per heavy atom. The van der Waals surface area contributed by atoms with Crippen LogP contribution in [0.2, 0.25) is 0 Å². The zero-order chi connectivity index (χ0) is 9.36. The summed E-state index contributed by atoms with van der Waals surface area (Å²) in [5.74, 6) is 0. The van der Waals surface area contributed by atoms with Gasteiger partial charge >= 0.3 is 0 Å². The van der Waals surface area contributed by atoms with Crippen LogP contribution in [0.1, 0.15) is 26.2 Å². The van der Waals surface area contributed by atoms with Crippen LogP contribution < -0.4 is 5.32 Å². The van der Waals surface area contributed by atoms with Crippen LogP contribution in [0.3, 0.4) is 0 Å². The maximum Gasteiger partial charge on any atom is 0.0712 e. The molecule has 1 rings (SSSR count). The lowest BCUT2D eigenvalue weighted by Gasteiger charge is -2.10. The molecule has 0 aromatic rings. The Morgan fingerprint density at radius 2 is 2.23 bits per heavy atom. The van der Waals surface area contributed by atoms with Crippen LogP contribution in [-0.2, 0) is 9.47 Å². The summed E-state index contributed by atoms with van der Waals surface area (Å²) < 4.78 is 11.0. The molecule has 78 valence electrons. The highest BCUT2D eigenvalue weighted by Crippen LogP contribution is 2.02. The summed E-state index contributed by atoms with van der Waals surface area (Å²) in [6.07, 6.45) is 3.93. The van der Waals surface area contributed by atoms with E-state index in [1.165, 1.54) is 6.42 Å². The average molecular weight is 187 g/mol. The molecule has 0 amide bonds. The summed E-state index contributed by atoms with van der Waals surface area (Å²) >= 11 is 0. The van der Waals surface area contributed by atoms with Gasteiger partial charge in [-0.05, 0) is 19.4 Å². The van der Waals surface area contributed by atoms with Crippen LogP contribution in [-0.4, -0.2) is 39.0 Å². The van der Waals surface area contributed by atoms with Crippen molar-refractivity contribution in [1.29, 1.82) is 0 Å². The molecule has 1 aliphatic heterocycles. The van der Waals surface area contributed by atoms with Crippen LogP contribution in [0.4, 0.5) is 0 Å². The first-order valence-electron chi connectivity index (χ1n) is 5.33. The minimum absolute atomic E-state index is 0.426. The molecule has 1 N–H and O–H groups in total. The molecule has 3 nitrogen and oxygen atoms in total. The standard InChI is InChI=1S/C10H21NO2/c1-2-3-6-12-7-8-13-10-4-5-11-9-10/h10-11H,2-9H2,1H3. The first kappa shape index (κ1) is 11.0. The van der Waals surface area contributed by atoms with E-state index >= 15 is 0 Å². The first-order chi connectivity index (χ1) is 6.43. The predicted octanol–water partition coefficient (Wildman–Crippen LogP) is 1.18. The second kappa shape index (κ2) is 7.30. The normalized spacial score (nSPS) is 22.4. The third-order valence-corrected chi connectivity index (χ3v) is 2.24. The quantitative estimate of drug-likeness (QED) is 0.607. The van der Waals surface area contributed by atoms with Gasteiger partial charge in [-0.15, -0.1) is 0 Å². The Labute approximate surface area is 80.8 Å². The maximum atomic E-state index is 5.60. The predicted molar refractivity (Wildman–Crippen MR) is 53.0 cm³/mol. The van der Waals surface area contributed by atoms with Gasteiger partial charge in [0.25, 0.3) is 0 Å². The second-order valence-electron chi connectivity index (χ2n) is 3.45. The highest BCUT2D eigenvalue weighted by molar-refractivity contribution is 4.70. The van der Waals surface area contributed by atoms with Crippen LogP contribution in [0.5, 0.6) is 0 Å². The Hall–Kier alpha value is -0.120. The van der Waals surface area contributed by atoms with Crippen molar-refractivity contribution in [2.75, 3.05) is 32.9 Å². The van der Waals surface area contributed by atoms with E-state index in [0.717, 1.165) is 45.8 Å². The van der Waals surface area contributed by atoms with E-state index in [0.29, 0.717) is 6.10 Å². The summed E-state index contributed by atoms with van der Waals surface area (Å²) in [6, 6.07) is 0. The van der Waals surface area contributed by atoms with Crippen molar-refractivity contribution < 1.29 is 9.47 Å². The van der Waals surface area contributed by atoms with Gasteiger partial charge in [-0.25, -0.2) is 0 Å². The van der Waals surface area contributed by atoms with Gasteiger partial charge in [0, 0.05) is 13.2 Å². The molecule has 13 heavy (non-hydrogen) atoms. The number of hydrogen-bond donors (Lipinski definition) is 1. The van der Waals surface area contributed by atoms with Gasteiger partial charge in [0.1, 0.15) is 0 Å². The molecule has 0 radical (unpaired) electrons. The lowest BCUT2D eigenvalue weighted by Crippen LogP contribution is -2.19. The van der Waals surface area contributed by atoms with Gasteiger partial charge < -0.3 is 14.8 Å². The molecule has 1 saturated heterocycles. The topological polar surface area (TPSA) is 30.5 Å². The first-order valence-corrected chi connectivity index (χ1v) is 5.33. The molecule has 0 aromatic heterocycles. The lowest BCUT2D eigenvalue weighted by molar-refractivity contribution is 0.0125. The molecule has 1 atom stereocenters. The second-order valence-corrected chi connectivity index (χ2v) is 3.45. The van der Waals surface area contributed by atoms with E-state index in [9.17, 15) is 0 Å². The lowest BCUT2D eigenvalue weighted by atomic mass is 10.3. The van der Waals surface area contributed by atoms with Crippen molar-refractivity contribution in [3.63, 3.8) is 0 Å². The molecule has 0 bridgehead atoms. The van der Waals surface area contributed by atoms with Crippen molar-refractivity contribution in [3.05, 3.63) is 0 Å². The van der Waals surface area contributed by atoms with E-state index in [1.807, 2.05) is 0 Å². The number of hydrogen-bond acceptors (Lipinski definition) is 3. The van der Waals surface area contributed by atoms with E-state index < -0.39 is 0 Å². The zero-order valence-electron chi connectivity index (χ0n) is 8.55. The van der Waals surface area contributed by atoms with Gasteiger partial charge in [-0.3, -0.25) is 0 Å². The number of ether oxygens (including phenoxy) is 2. The zero-order valence-corrected chi connectivity index (χ0v) is 8.55. The number of nitrogens with one attached hydrogen (secondary N) is 1. The Kier molecular flexibility index (Phi) is 6.15. The van der Waals surface area contributed by atoms with E-state index in [1.54, 1.807) is 0 Å². The third kappa shape index (κ3) is 5.24. The molecule has 1 unspecified atom stereocenters. The highest BCUT2D eigenvalue weighted by Gasteiger charge is 2.13. The Morgan fingerprint density at radius 1 is 1.31 bits per heavy atom. The minimum atomic E-state index is 0.426. The van der Waals surface area contributed by atoms with Gasteiger partial charge in [-0.1, -0.05) is 13.3 Å². The number of unbranched alkanes of at least 4 members (excludes halogenated alkanes) is 1. The number of rotatable bonds is 7. The maximum absolute atomic E-state index is 5.60. The molecule has 0 aliphatic carbocycles. The summed E-state index contributed by atoms with van der Waals surface area (Å²) in [6.45, 7) is 6.65. The van der Waals surface area contributed by atoms with Crippen molar-refractivity contribution in [3.8, 4) is 0 Å². The minimum Gasteiger partial charge on any atom is -0.379 e. The summed E-state index contributed by atoms with van der Waals surface area (Å²) in [5.41, 5.74) is 0. The van der Waals surface area contributed by atoms with Gasteiger partial charge in [0.05, 0.1) is 19.3 Å². The largest absolute Gasteiger partial charge is 0.379 e. The third-order valence-electron chi connectivity index (χ3n) is 2.24. The van der Waals surface area contributed by atoms with Crippen LogP contribution in [0.15, 0.2) is 0 Å². The van der Waals surface area contributed by atoms with Crippen molar-refractivity contribution in [2.24, 2.45) is 0 Å². The van der Waals surface area contributed by atoms with Crippen LogP contribution in [0, 0.1) is 0 Å². The van der Waals surface area contributed by atoms with Gasteiger partial charge in [0.15, 0.2) is 0 Å². The molecule has 1 heterocycles. The SMILES string of the molecule is CCCCOCCOC1CCNC1. The molecule has 0 spiro atoms. The molecule has 1 fully saturated rings. The summed E-state index contributed by atoms with van der Waals surface area (Å²) in [7, 11) is 0. The van der Waals surface area contributed by atoms with Crippen molar-refractivity contribution in [2.45, 2.75) is 32.3 Å². The molecular formula is C10H21NO2. The smallest absolute Gasteiger partial charge is 0.0712 e. The Bertz CT molecular complexity index is 113. The highest BCUT2D eigenvalue weighted by atomic mass is 16.5. The van der Waals surface area contributed by atoms with Crippen LogP contribution >= 0.6 is 0 Å². The van der Waals surface area contributed by atoms with E-state index in [2.05, 4.69) is 12.2 Å². The molecule has 1 aliphatic rings. The molecular weight excluding hydrogens is 166 g/mol. The monoisotopic (exact) mass is 187 g/mol. The van der Waals surface area contributed by atoms with Gasteiger partial charge in [0.2, 0.25) is 0 Å². The van der Waals surface area contributed by atoms with E-state index in [4.69, 9.17) is 9.47 Å². The van der Waals surface area contributed by atoms with Crippen molar-refractivity contribution in [1.82, 2.24) is 5.32 Å². The average Bonchev–Trinajstić information content (AvgIpc) is 2.63. The fourth-order valence-corrected chi connectivity index (χ4v) is 1.39. The molecule has 0 aromatic carbocycles. The fraction of sp³-hybridized carbons (Fsp3) is 1.00. The van der Waals surface area contributed by atoms with E-state index in [-0.39, 0.29) is 0 Å². The molecule has 3 heteroatoms. The van der Waals surface area contributed by atoms with Crippen LogP contribution in [0.25, 0.3) is 0 Å². The fourth-order valence-electron chi connectivity index (χ4n) is 1.39. The summed E-state index contributed by atoms with van der Waals surface area (Å²) in [5, 5.41) is 3.27. The Balaban J connectivity index is 1.78. The summed E-state index contributed by atoms with van der Waals surface area (Å²) in [4.78, 5) is 0. The molecule has 0 saturated carbocycles.